The van der Waals surface area contributed by atoms with Crippen molar-refractivity contribution in [2.24, 2.45) is 5.92 Å². The summed E-state index contributed by atoms with van der Waals surface area (Å²) in [4.78, 5) is 2.56. The van der Waals surface area contributed by atoms with Crippen LogP contribution in [0.25, 0.3) is 0 Å². The van der Waals surface area contributed by atoms with Crippen molar-refractivity contribution in [3.63, 3.8) is 0 Å². The van der Waals surface area contributed by atoms with Gasteiger partial charge in [-0.2, -0.15) is 0 Å². The zero-order valence-corrected chi connectivity index (χ0v) is 14.1. The fourth-order valence-electron chi connectivity index (χ4n) is 2.89. The number of piperidine rings is 1. The lowest BCUT2D eigenvalue weighted by atomic mass is 10.0. The first kappa shape index (κ1) is 16.4. The van der Waals surface area contributed by atoms with E-state index >= 15 is 0 Å². The summed E-state index contributed by atoms with van der Waals surface area (Å²) in [6.45, 7) is 10.8. The summed E-state index contributed by atoms with van der Waals surface area (Å²) in [5.41, 5.74) is 1.02. The first-order chi connectivity index (χ1) is 10.1. The molecule has 2 rings (SSSR count). The minimum absolute atomic E-state index is 0.506. The minimum atomic E-state index is 0.506. The summed E-state index contributed by atoms with van der Waals surface area (Å²) in [5.74, 6) is 1.64. The fourth-order valence-corrected chi connectivity index (χ4v) is 3.06. The average molecular weight is 311 g/mol. The molecule has 4 heteroatoms. The van der Waals surface area contributed by atoms with Gasteiger partial charge in [0, 0.05) is 30.7 Å². The fraction of sp³-hybridized carbons (Fsp3) is 0.647. The number of hydrogen-bond acceptors (Lipinski definition) is 3. The van der Waals surface area contributed by atoms with Crippen molar-refractivity contribution in [3.05, 3.63) is 23.2 Å². The monoisotopic (exact) mass is 310 g/mol. The zero-order valence-electron chi connectivity index (χ0n) is 13.4. The van der Waals surface area contributed by atoms with Gasteiger partial charge in [-0.3, -0.25) is 0 Å². The van der Waals surface area contributed by atoms with Crippen LogP contribution < -0.4 is 10.1 Å². The SMILES string of the molecule is CCOc1ccc(Cl)cc1NC1CCN(CC(C)C)CC1. The quantitative estimate of drug-likeness (QED) is 0.849. The molecule has 0 saturated carbocycles. The van der Waals surface area contributed by atoms with E-state index in [-0.39, 0.29) is 0 Å². The maximum Gasteiger partial charge on any atom is 0.142 e. The predicted octanol–water partition coefficient (Wildman–Crippen LogP) is 4.27. The van der Waals surface area contributed by atoms with Gasteiger partial charge in [0.25, 0.3) is 0 Å². The molecule has 21 heavy (non-hydrogen) atoms. The van der Waals surface area contributed by atoms with Crippen LogP contribution in [0.5, 0.6) is 5.75 Å². The van der Waals surface area contributed by atoms with Gasteiger partial charge in [-0.15, -0.1) is 0 Å². The molecular weight excluding hydrogens is 284 g/mol. The van der Waals surface area contributed by atoms with Gasteiger partial charge in [0.15, 0.2) is 0 Å². The maximum atomic E-state index is 6.11. The molecule has 0 bridgehead atoms. The molecule has 3 nitrogen and oxygen atoms in total. The van der Waals surface area contributed by atoms with E-state index in [0.717, 1.165) is 22.4 Å². The third kappa shape index (κ3) is 5.08. The Morgan fingerprint density at radius 1 is 1.33 bits per heavy atom. The number of anilines is 1. The van der Waals surface area contributed by atoms with Crippen molar-refractivity contribution >= 4 is 17.3 Å². The van der Waals surface area contributed by atoms with Crippen LogP contribution in [0.3, 0.4) is 0 Å². The van der Waals surface area contributed by atoms with Crippen molar-refractivity contribution in [3.8, 4) is 5.75 Å². The lowest BCUT2D eigenvalue weighted by Gasteiger charge is -2.34. The van der Waals surface area contributed by atoms with Gasteiger partial charge < -0.3 is 15.0 Å². The highest BCUT2D eigenvalue weighted by Crippen LogP contribution is 2.30. The molecule has 0 aliphatic carbocycles. The van der Waals surface area contributed by atoms with Crippen molar-refractivity contribution in [1.82, 2.24) is 4.90 Å². The van der Waals surface area contributed by atoms with E-state index in [4.69, 9.17) is 16.3 Å². The molecule has 1 saturated heterocycles. The number of likely N-dealkylation sites (tertiary alicyclic amines) is 1. The van der Waals surface area contributed by atoms with Gasteiger partial charge in [-0.05, 0) is 43.9 Å². The van der Waals surface area contributed by atoms with Gasteiger partial charge in [0.05, 0.1) is 12.3 Å². The second kappa shape index (κ2) is 7.90. The van der Waals surface area contributed by atoms with Crippen molar-refractivity contribution in [1.29, 1.82) is 0 Å². The van der Waals surface area contributed by atoms with Crippen molar-refractivity contribution < 1.29 is 4.74 Å². The standard InChI is InChI=1S/C17H27ClN2O/c1-4-21-17-6-5-14(18)11-16(17)19-15-7-9-20(10-8-15)12-13(2)3/h5-6,11,13,15,19H,4,7-10,12H2,1-3H3. The number of nitrogens with one attached hydrogen (secondary N) is 1. The van der Waals surface area contributed by atoms with Crippen LogP contribution in [0, 0.1) is 5.92 Å². The van der Waals surface area contributed by atoms with E-state index < -0.39 is 0 Å². The molecule has 0 atom stereocenters. The van der Waals surface area contributed by atoms with Gasteiger partial charge in [-0.1, -0.05) is 25.4 Å². The highest BCUT2D eigenvalue weighted by molar-refractivity contribution is 6.30. The molecule has 0 unspecified atom stereocenters. The molecule has 0 amide bonds. The number of nitrogens with zero attached hydrogens (tertiary/aromatic N) is 1. The Kier molecular flexibility index (Phi) is 6.19. The van der Waals surface area contributed by atoms with Gasteiger partial charge in [-0.25, -0.2) is 0 Å². The summed E-state index contributed by atoms with van der Waals surface area (Å²) in [7, 11) is 0. The lowest BCUT2D eigenvalue weighted by molar-refractivity contribution is 0.197. The molecule has 1 aromatic rings. The van der Waals surface area contributed by atoms with Crippen LogP contribution in [-0.4, -0.2) is 37.2 Å². The number of halogens is 1. The molecule has 0 spiro atoms. The maximum absolute atomic E-state index is 6.11. The molecule has 0 radical (unpaired) electrons. The molecule has 0 aromatic heterocycles. The highest BCUT2D eigenvalue weighted by atomic mass is 35.5. The summed E-state index contributed by atoms with van der Waals surface area (Å²) >= 11 is 6.11. The van der Waals surface area contributed by atoms with Crippen LogP contribution in [0.15, 0.2) is 18.2 Å². The number of ether oxygens (including phenoxy) is 1. The molecule has 1 aliphatic heterocycles. The van der Waals surface area contributed by atoms with Crippen LogP contribution in [0.4, 0.5) is 5.69 Å². The highest BCUT2D eigenvalue weighted by Gasteiger charge is 2.20. The third-order valence-electron chi connectivity index (χ3n) is 3.81. The van der Waals surface area contributed by atoms with E-state index in [1.807, 2.05) is 25.1 Å². The molecule has 1 fully saturated rings. The Balaban J connectivity index is 1.92. The number of benzene rings is 1. The van der Waals surface area contributed by atoms with E-state index in [1.54, 1.807) is 0 Å². The predicted molar refractivity (Wildman–Crippen MR) is 90.5 cm³/mol. The number of rotatable bonds is 6. The Bertz CT molecular complexity index is 442. The summed E-state index contributed by atoms with van der Waals surface area (Å²) < 4.78 is 5.68. The summed E-state index contributed by atoms with van der Waals surface area (Å²) in [6, 6.07) is 6.30. The third-order valence-corrected chi connectivity index (χ3v) is 4.05. The minimum Gasteiger partial charge on any atom is -0.492 e. The molecular formula is C17H27ClN2O. The lowest BCUT2D eigenvalue weighted by Crippen LogP contribution is -2.40. The van der Waals surface area contributed by atoms with Gasteiger partial charge >= 0.3 is 0 Å². The topological polar surface area (TPSA) is 24.5 Å². The molecule has 1 heterocycles. The molecule has 1 aliphatic rings. The Morgan fingerprint density at radius 2 is 2.05 bits per heavy atom. The van der Waals surface area contributed by atoms with E-state index in [9.17, 15) is 0 Å². The molecule has 1 N–H and O–H groups in total. The number of hydrogen-bond donors (Lipinski definition) is 1. The second-order valence-corrected chi connectivity index (χ2v) is 6.62. The van der Waals surface area contributed by atoms with Crippen LogP contribution in [0.2, 0.25) is 5.02 Å². The van der Waals surface area contributed by atoms with Crippen LogP contribution in [0.1, 0.15) is 33.6 Å². The first-order valence-corrected chi connectivity index (χ1v) is 8.37. The van der Waals surface area contributed by atoms with E-state index in [1.165, 1.54) is 32.5 Å². The smallest absolute Gasteiger partial charge is 0.142 e. The normalized spacial score (nSPS) is 17.2. The van der Waals surface area contributed by atoms with Gasteiger partial charge in [0.1, 0.15) is 5.75 Å². The Morgan fingerprint density at radius 3 is 2.67 bits per heavy atom. The van der Waals surface area contributed by atoms with Crippen molar-refractivity contribution in [2.45, 2.75) is 39.7 Å². The van der Waals surface area contributed by atoms with Gasteiger partial charge in [0.2, 0.25) is 0 Å². The molecule has 1 aromatic carbocycles. The first-order valence-electron chi connectivity index (χ1n) is 7.99. The summed E-state index contributed by atoms with van der Waals surface area (Å²) in [5, 5.41) is 4.36. The largest absolute Gasteiger partial charge is 0.492 e. The van der Waals surface area contributed by atoms with Crippen molar-refractivity contribution in [2.75, 3.05) is 31.6 Å². The summed E-state index contributed by atoms with van der Waals surface area (Å²) in [6.07, 6.45) is 2.34. The Labute approximate surface area is 133 Å². The average Bonchev–Trinajstić information content (AvgIpc) is 2.43. The van der Waals surface area contributed by atoms with Crippen LogP contribution in [-0.2, 0) is 0 Å². The van der Waals surface area contributed by atoms with Crippen LogP contribution >= 0.6 is 11.6 Å². The van der Waals surface area contributed by atoms with E-state index in [0.29, 0.717) is 12.6 Å². The Hall–Kier alpha value is -0.930. The second-order valence-electron chi connectivity index (χ2n) is 6.19. The molecule has 118 valence electrons. The van der Waals surface area contributed by atoms with E-state index in [2.05, 4.69) is 24.1 Å². The zero-order chi connectivity index (χ0) is 15.2.